The van der Waals surface area contributed by atoms with E-state index in [1.165, 1.54) is 32.1 Å². The van der Waals surface area contributed by atoms with E-state index in [-0.39, 0.29) is 17.2 Å². The fraction of sp³-hybridized carbons (Fsp3) is 0.950. The lowest BCUT2D eigenvalue weighted by atomic mass is 9.55. The van der Waals surface area contributed by atoms with Crippen molar-refractivity contribution in [3.63, 3.8) is 0 Å². The molecule has 0 aromatic heterocycles. The lowest BCUT2D eigenvalue weighted by Crippen LogP contribution is -2.67. The van der Waals surface area contributed by atoms with Gasteiger partial charge in [-0.1, -0.05) is 19.3 Å². The van der Waals surface area contributed by atoms with Gasteiger partial charge in [0.2, 0.25) is 10.0 Å². The van der Waals surface area contributed by atoms with Crippen LogP contribution < -0.4 is 10.6 Å². The lowest BCUT2D eigenvalue weighted by Gasteiger charge is -2.58. The molecule has 162 valence electrons. The number of nitrogens with zero attached hydrogens (tertiary/aromatic N) is 2. The molecule has 1 spiro atoms. The maximum Gasteiger partial charge on any atom is 0.213 e. The molecule has 2 unspecified atom stereocenters. The van der Waals surface area contributed by atoms with Gasteiger partial charge in [0, 0.05) is 44.2 Å². The number of sulfonamides is 1. The van der Waals surface area contributed by atoms with Crippen molar-refractivity contribution >= 4 is 16.0 Å². The van der Waals surface area contributed by atoms with E-state index in [4.69, 9.17) is 4.74 Å². The van der Waals surface area contributed by atoms with Crippen LogP contribution in [0.2, 0.25) is 0 Å². The van der Waals surface area contributed by atoms with E-state index in [2.05, 4.69) is 22.5 Å². The van der Waals surface area contributed by atoms with Crippen molar-refractivity contribution < 1.29 is 13.2 Å². The minimum atomic E-state index is -3.08. The summed E-state index contributed by atoms with van der Waals surface area (Å²) in [5.74, 6) is 1.03. The molecule has 3 rings (SSSR count). The van der Waals surface area contributed by atoms with Gasteiger partial charge in [-0.3, -0.25) is 4.99 Å². The Morgan fingerprint density at radius 2 is 1.82 bits per heavy atom. The molecular weight excluding hydrogens is 376 g/mol. The van der Waals surface area contributed by atoms with E-state index < -0.39 is 10.0 Å². The molecule has 1 heterocycles. The molecule has 0 radical (unpaired) electrons. The van der Waals surface area contributed by atoms with Crippen LogP contribution in [0.25, 0.3) is 0 Å². The third-order valence-corrected chi connectivity index (χ3v) is 8.91. The Hall–Kier alpha value is -0.860. The lowest BCUT2D eigenvalue weighted by molar-refractivity contribution is -0.145. The quantitative estimate of drug-likeness (QED) is 0.514. The first-order valence-corrected chi connectivity index (χ1v) is 12.7. The second-order valence-electron chi connectivity index (χ2n) is 8.46. The second-order valence-corrected chi connectivity index (χ2v) is 10.7. The fourth-order valence-corrected chi connectivity index (χ4v) is 6.39. The molecule has 7 nitrogen and oxygen atoms in total. The molecule has 2 atom stereocenters. The molecule has 0 aromatic carbocycles. The Morgan fingerprint density at radius 1 is 1.14 bits per heavy atom. The van der Waals surface area contributed by atoms with Gasteiger partial charge in [-0.25, -0.2) is 12.7 Å². The van der Waals surface area contributed by atoms with E-state index in [0.29, 0.717) is 25.2 Å². The van der Waals surface area contributed by atoms with Crippen LogP contribution in [-0.4, -0.2) is 69.4 Å². The van der Waals surface area contributed by atoms with Crippen molar-refractivity contribution in [1.82, 2.24) is 14.9 Å². The van der Waals surface area contributed by atoms with Crippen molar-refractivity contribution in [1.29, 1.82) is 0 Å². The molecule has 2 N–H and O–H groups in total. The van der Waals surface area contributed by atoms with E-state index in [1.54, 1.807) is 11.2 Å². The number of hydrogen-bond acceptors (Lipinski definition) is 4. The Labute approximate surface area is 170 Å². The minimum Gasteiger partial charge on any atom is -0.378 e. The molecule has 8 heteroatoms. The van der Waals surface area contributed by atoms with Gasteiger partial charge >= 0.3 is 0 Å². The molecule has 1 aliphatic heterocycles. The van der Waals surface area contributed by atoms with Gasteiger partial charge in [0.25, 0.3) is 0 Å². The smallest absolute Gasteiger partial charge is 0.213 e. The third kappa shape index (κ3) is 4.49. The number of hydrogen-bond donors (Lipinski definition) is 2. The number of rotatable bonds is 6. The Kier molecular flexibility index (Phi) is 7.26. The van der Waals surface area contributed by atoms with Crippen molar-refractivity contribution in [2.45, 2.75) is 83.4 Å². The number of aliphatic imine (C=N–C) groups is 1. The Balaban J connectivity index is 1.54. The summed E-state index contributed by atoms with van der Waals surface area (Å²) < 4.78 is 31.8. The number of guanidine groups is 1. The van der Waals surface area contributed by atoms with Crippen molar-refractivity contribution in [3.05, 3.63) is 0 Å². The number of nitrogens with one attached hydrogen (secondary N) is 2. The summed E-state index contributed by atoms with van der Waals surface area (Å²) in [5, 5.41) is 7.22. The molecule has 3 aliphatic rings. The van der Waals surface area contributed by atoms with Gasteiger partial charge < -0.3 is 15.4 Å². The highest BCUT2D eigenvalue weighted by Crippen LogP contribution is 2.53. The van der Waals surface area contributed by atoms with E-state index in [1.807, 2.05) is 7.05 Å². The van der Waals surface area contributed by atoms with Crippen molar-refractivity contribution in [2.24, 2.45) is 10.4 Å². The van der Waals surface area contributed by atoms with Gasteiger partial charge in [-0.15, -0.1) is 0 Å². The summed E-state index contributed by atoms with van der Waals surface area (Å²) in [6.45, 7) is 5.75. The van der Waals surface area contributed by atoms with Crippen LogP contribution in [0.5, 0.6) is 0 Å². The third-order valence-electron chi connectivity index (χ3n) is 7.02. The van der Waals surface area contributed by atoms with Crippen LogP contribution in [0.3, 0.4) is 0 Å². The van der Waals surface area contributed by atoms with E-state index in [0.717, 1.165) is 31.8 Å². The first kappa shape index (κ1) is 21.8. The summed E-state index contributed by atoms with van der Waals surface area (Å²) in [6.07, 6.45) is 9.43. The van der Waals surface area contributed by atoms with Gasteiger partial charge in [0.15, 0.2) is 5.96 Å². The van der Waals surface area contributed by atoms with Crippen LogP contribution in [0.4, 0.5) is 0 Å². The predicted molar refractivity (Wildman–Crippen MR) is 113 cm³/mol. The highest BCUT2D eigenvalue weighted by molar-refractivity contribution is 7.89. The summed E-state index contributed by atoms with van der Waals surface area (Å²) in [5.41, 5.74) is 0.254. The number of piperidine rings is 1. The Bertz CT molecular complexity index is 638. The summed E-state index contributed by atoms with van der Waals surface area (Å²) in [6, 6.07) is 0.677. The summed E-state index contributed by atoms with van der Waals surface area (Å²) in [7, 11) is -1.26. The topological polar surface area (TPSA) is 83.0 Å². The maximum atomic E-state index is 12.0. The molecule has 3 fully saturated rings. The van der Waals surface area contributed by atoms with Gasteiger partial charge in [-0.2, -0.15) is 0 Å². The van der Waals surface area contributed by atoms with Gasteiger partial charge in [-0.05, 0) is 46.0 Å². The fourth-order valence-electron chi connectivity index (χ4n) is 5.26. The summed E-state index contributed by atoms with van der Waals surface area (Å²) in [4.78, 5) is 4.46. The molecule has 2 saturated carbocycles. The molecular formula is C20H38N4O3S. The van der Waals surface area contributed by atoms with Gasteiger partial charge in [0.05, 0.1) is 11.9 Å². The molecule has 2 aliphatic carbocycles. The predicted octanol–water partition coefficient (Wildman–Crippen LogP) is 2.09. The molecule has 1 saturated heterocycles. The molecule has 28 heavy (non-hydrogen) atoms. The molecule has 0 aromatic rings. The Morgan fingerprint density at radius 3 is 2.39 bits per heavy atom. The standard InChI is InChI=1S/C20H38N4O3S/c1-4-27-18-15-17(20(18)11-7-6-8-12-20)23-19(21-3)22-16-9-13-24(14-10-16)28(25,26)5-2/h16-18H,4-15H2,1-3H3,(H2,21,22,23). The van der Waals surface area contributed by atoms with Crippen molar-refractivity contribution in [3.8, 4) is 0 Å². The first-order chi connectivity index (χ1) is 13.4. The van der Waals surface area contributed by atoms with Gasteiger partial charge in [0.1, 0.15) is 0 Å². The minimum absolute atomic E-state index is 0.180. The van der Waals surface area contributed by atoms with Crippen LogP contribution in [0.15, 0.2) is 4.99 Å². The second kappa shape index (κ2) is 9.30. The van der Waals surface area contributed by atoms with Crippen LogP contribution in [0.1, 0.15) is 65.2 Å². The largest absolute Gasteiger partial charge is 0.378 e. The monoisotopic (exact) mass is 414 g/mol. The SMILES string of the molecule is CCOC1CC(NC(=NC)NC2CCN(S(=O)(=O)CC)CC2)C12CCCCC2. The number of ether oxygens (including phenoxy) is 1. The maximum absolute atomic E-state index is 12.0. The van der Waals surface area contributed by atoms with Crippen LogP contribution >= 0.6 is 0 Å². The van der Waals surface area contributed by atoms with Crippen LogP contribution in [-0.2, 0) is 14.8 Å². The first-order valence-electron chi connectivity index (χ1n) is 11.0. The van der Waals surface area contributed by atoms with E-state index >= 15 is 0 Å². The van der Waals surface area contributed by atoms with Crippen LogP contribution in [0, 0.1) is 5.41 Å². The zero-order valence-corrected chi connectivity index (χ0v) is 18.6. The molecule has 0 bridgehead atoms. The molecule has 0 amide bonds. The summed E-state index contributed by atoms with van der Waals surface area (Å²) >= 11 is 0. The highest BCUT2D eigenvalue weighted by atomic mass is 32.2. The van der Waals surface area contributed by atoms with E-state index in [9.17, 15) is 8.42 Å². The normalized spacial score (nSPS) is 29.5. The average molecular weight is 415 g/mol. The zero-order valence-electron chi connectivity index (χ0n) is 17.7. The zero-order chi connectivity index (χ0) is 20.2. The average Bonchev–Trinajstić information content (AvgIpc) is 2.73. The highest BCUT2D eigenvalue weighted by Gasteiger charge is 2.55. The van der Waals surface area contributed by atoms with Crippen molar-refractivity contribution in [2.75, 3.05) is 32.5 Å².